The van der Waals surface area contributed by atoms with Crippen molar-refractivity contribution in [3.63, 3.8) is 0 Å². The number of hydrogen-bond donors (Lipinski definition) is 1. The van der Waals surface area contributed by atoms with E-state index in [1.54, 1.807) is 0 Å². The maximum atomic E-state index is 13.0. The normalized spacial score (nSPS) is 10.6. The molecule has 0 aliphatic rings. The Hall–Kier alpha value is -1.10. The van der Waals surface area contributed by atoms with Crippen LogP contribution in [0.15, 0.2) is 24.3 Å². The highest BCUT2D eigenvalue weighted by atomic mass is 35.5. The average molecular weight is 324 g/mol. The lowest BCUT2D eigenvalue weighted by Crippen LogP contribution is -2.03. The van der Waals surface area contributed by atoms with E-state index in [-0.39, 0.29) is 21.7 Å². The van der Waals surface area contributed by atoms with E-state index in [0.29, 0.717) is 11.4 Å². The van der Waals surface area contributed by atoms with Crippen molar-refractivity contribution in [1.29, 1.82) is 0 Å². The summed E-state index contributed by atoms with van der Waals surface area (Å²) in [7, 11) is 0. The summed E-state index contributed by atoms with van der Waals surface area (Å²) < 4.78 is 25.8. The largest absolute Gasteiger partial charge is 0.365 e. The molecule has 0 spiro atoms. The lowest BCUT2D eigenvalue weighted by Gasteiger charge is -2.09. The molecule has 1 N–H and O–H groups in total. The molecule has 19 heavy (non-hydrogen) atoms. The van der Waals surface area contributed by atoms with Crippen LogP contribution in [0.1, 0.15) is 5.56 Å². The van der Waals surface area contributed by atoms with E-state index in [0.717, 1.165) is 12.1 Å². The van der Waals surface area contributed by atoms with Crippen molar-refractivity contribution in [2.24, 2.45) is 0 Å². The summed E-state index contributed by atoms with van der Waals surface area (Å²) in [4.78, 5) is 3.95. The highest BCUT2D eigenvalue weighted by Crippen LogP contribution is 2.29. The summed E-state index contributed by atoms with van der Waals surface area (Å²) in [6.45, 7) is 0.224. The number of benzene rings is 1. The minimum absolute atomic E-state index is 0.110. The van der Waals surface area contributed by atoms with Crippen LogP contribution in [0.25, 0.3) is 0 Å². The van der Waals surface area contributed by atoms with E-state index < -0.39 is 11.6 Å². The van der Waals surface area contributed by atoms with Gasteiger partial charge in [0.15, 0.2) is 11.6 Å². The van der Waals surface area contributed by atoms with Crippen molar-refractivity contribution < 1.29 is 8.78 Å². The predicted octanol–water partition coefficient (Wildman–Crippen LogP) is 4.93. The van der Waals surface area contributed by atoms with Crippen LogP contribution in [0.4, 0.5) is 14.6 Å². The second kappa shape index (κ2) is 5.90. The molecule has 0 aliphatic carbocycles. The highest BCUT2D eigenvalue weighted by molar-refractivity contribution is 6.42. The quantitative estimate of drug-likeness (QED) is 0.810. The van der Waals surface area contributed by atoms with Gasteiger partial charge in [-0.05, 0) is 23.8 Å². The average Bonchev–Trinajstić information content (AvgIpc) is 2.36. The number of halogens is 5. The molecule has 0 unspecified atom stereocenters. The van der Waals surface area contributed by atoms with Crippen LogP contribution in [0.3, 0.4) is 0 Å². The molecule has 2 aromatic rings. The first-order valence-electron chi connectivity index (χ1n) is 5.16. The zero-order chi connectivity index (χ0) is 14.0. The van der Waals surface area contributed by atoms with Crippen molar-refractivity contribution in [2.45, 2.75) is 6.54 Å². The Morgan fingerprint density at radius 2 is 1.74 bits per heavy atom. The van der Waals surface area contributed by atoms with Gasteiger partial charge in [0.05, 0.1) is 10.0 Å². The monoisotopic (exact) mass is 322 g/mol. The van der Waals surface area contributed by atoms with Gasteiger partial charge >= 0.3 is 0 Å². The SMILES string of the molecule is Fc1ccc(CNc2nc(Cl)c(Cl)cc2Cl)cc1F. The second-order valence-corrected chi connectivity index (χ2v) is 4.87. The van der Waals surface area contributed by atoms with Crippen LogP contribution >= 0.6 is 34.8 Å². The molecule has 0 amide bonds. The third-order valence-corrected chi connectivity index (χ3v) is 3.29. The Morgan fingerprint density at radius 1 is 1.00 bits per heavy atom. The summed E-state index contributed by atoms with van der Waals surface area (Å²) in [5.41, 5.74) is 0.544. The van der Waals surface area contributed by atoms with Crippen LogP contribution < -0.4 is 5.32 Å². The summed E-state index contributed by atoms with van der Waals surface area (Å²) >= 11 is 17.4. The van der Waals surface area contributed by atoms with E-state index in [4.69, 9.17) is 34.8 Å². The molecule has 0 aliphatic heterocycles. The zero-order valence-electron chi connectivity index (χ0n) is 9.35. The summed E-state index contributed by atoms with van der Waals surface area (Å²) in [6.07, 6.45) is 0. The van der Waals surface area contributed by atoms with Crippen molar-refractivity contribution >= 4 is 40.6 Å². The molecule has 0 radical (unpaired) electrons. The topological polar surface area (TPSA) is 24.9 Å². The van der Waals surface area contributed by atoms with Crippen LogP contribution in [-0.2, 0) is 6.54 Å². The lowest BCUT2D eigenvalue weighted by atomic mass is 10.2. The van der Waals surface area contributed by atoms with Crippen LogP contribution in [0.2, 0.25) is 15.2 Å². The van der Waals surface area contributed by atoms with Gasteiger partial charge in [-0.15, -0.1) is 0 Å². The van der Waals surface area contributed by atoms with Gasteiger partial charge in [0.2, 0.25) is 0 Å². The van der Waals surface area contributed by atoms with Gasteiger partial charge in [-0.1, -0.05) is 40.9 Å². The second-order valence-electron chi connectivity index (χ2n) is 3.69. The molecule has 1 aromatic carbocycles. The standard InChI is InChI=1S/C12H7Cl3F2N2/c13-7-4-8(14)12(19-11(7)15)18-5-6-1-2-9(16)10(17)3-6/h1-4H,5H2,(H,18,19). The van der Waals surface area contributed by atoms with Gasteiger partial charge in [0.25, 0.3) is 0 Å². The Labute approximate surface area is 123 Å². The molecule has 0 saturated heterocycles. The Balaban J connectivity index is 2.14. The van der Waals surface area contributed by atoms with Crippen LogP contribution in [0.5, 0.6) is 0 Å². The lowest BCUT2D eigenvalue weighted by molar-refractivity contribution is 0.507. The molecular formula is C12H7Cl3F2N2. The predicted molar refractivity (Wildman–Crippen MR) is 73.0 cm³/mol. The number of rotatable bonds is 3. The molecule has 0 atom stereocenters. The fourth-order valence-corrected chi connectivity index (χ4v) is 1.97. The number of hydrogen-bond acceptors (Lipinski definition) is 2. The summed E-state index contributed by atoms with van der Waals surface area (Å²) in [5, 5.41) is 3.51. The minimum Gasteiger partial charge on any atom is -0.365 e. The molecule has 100 valence electrons. The molecule has 7 heteroatoms. The Kier molecular flexibility index (Phi) is 4.45. The van der Waals surface area contributed by atoms with Crippen LogP contribution in [-0.4, -0.2) is 4.98 Å². The molecular weight excluding hydrogens is 317 g/mol. The van der Waals surface area contributed by atoms with E-state index >= 15 is 0 Å². The molecule has 0 bridgehead atoms. The van der Waals surface area contributed by atoms with E-state index in [1.165, 1.54) is 12.1 Å². The molecule has 1 aromatic heterocycles. The number of aromatic nitrogens is 1. The molecule has 2 nitrogen and oxygen atoms in total. The number of anilines is 1. The first kappa shape index (κ1) is 14.3. The minimum atomic E-state index is -0.910. The van der Waals surface area contributed by atoms with Crippen molar-refractivity contribution in [1.82, 2.24) is 4.98 Å². The van der Waals surface area contributed by atoms with E-state index in [9.17, 15) is 8.78 Å². The maximum absolute atomic E-state index is 13.0. The first-order chi connectivity index (χ1) is 8.97. The Morgan fingerprint density at radius 3 is 2.42 bits per heavy atom. The zero-order valence-corrected chi connectivity index (χ0v) is 11.6. The maximum Gasteiger partial charge on any atom is 0.159 e. The number of nitrogens with one attached hydrogen (secondary N) is 1. The Bertz CT molecular complexity index is 620. The van der Waals surface area contributed by atoms with Gasteiger partial charge in [-0.3, -0.25) is 0 Å². The summed E-state index contributed by atoms with van der Waals surface area (Å²) in [6, 6.07) is 5.05. The van der Waals surface area contributed by atoms with Gasteiger partial charge in [0, 0.05) is 6.54 Å². The third-order valence-electron chi connectivity index (χ3n) is 2.33. The van der Waals surface area contributed by atoms with Gasteiger partial charge in [-0.25, -0.2) is 13.8 Å². The molecule has 0 fully saturated rings. The van der Waals surface area contributed by atoms with E-state index in [2.05, 4.69) is 10.3 Å². The van der Waals surface area contributed by atoms with Crippen molar-refractivity contribution in [3.05, 3.63) is 56.7 Å². The fourth-order valence-electron chi connectivity index (χ4n) is 1.40. The van der Waals surface area contributed by atoms with Gasteiger partial charge in [-0.2, -0.15) is 0 Å². The van der Waals surface area contributed by atoms with Crippen molar-refractivity contribution in [2.75, 3.05) is 5.32 Å². The number of pyridine rings is 1. The molecule has 0 saturated carbocycles. The van der Waals surface area contributed by atoms with E-state index in [1.807, 2.05) is 0 Å². The molecule has 1 heterocycles. The summed E-state index contributed by atoms with van der Waals surface area (Å²) in [5.74, 6) is -1.48. The van der Waals surface area contributed by atoms with Crippen LogP contribution in [0, 0.1) is 11.6 Å². The third kappa shape index (κ3) is 3.47. The first-order valence-corrected chi connectivity index (χ1v) is 6.30. The van der Waals surface area contributed by atoms with Gasteiger partial charge in [0.1, 0.15) is 11.0 Å². The van der Waals surface area contributed by atoms with Crippen molar-refractivity contribution in [3.8, 4) is 0 Å². The molecule has 2 rings (SSSR count). The van der Waals surface area contributed by atoms with Gasteiger partial charge < -0.3 is 5.32 Å². The number of nitrogens with zero attached hydrogens (tertiary/aromatic N) is 1. The fraction of sp³-hybridized carbons (Fsp3) is 0.0833. The highest BCUT2D eigenvalue weighted by Gasteiger charge is 2.08. The smallest absolute Gasteiger partial charge is 0.159 e.